The van der Waals surface area contributed by atoms with Gasteiger partial charge in [0.2, 0.25) is 5.91 Å². The lowest BCUT2D eigenvalue weighted by molar-refractivity contribution is -0.126. The van der Waals surface area contributed by atoms with Crippen molar-refractivity contribution in [3.05, 3.63) is 77.4 Å². The fraction of sp³-hybridized carbons (Fsp3) is 0.304. The molecule has 3 aromatic rings. The number of ether oxygens (including phenoxy) is 1. The largest absolute Gasteiger partial charge is 0.489 e. The zero-order valence-corrected chi connectivity index (χ0v) is 19.1. The van der Waals surface area contributed by atoms with Crippen molar-refractivity contribution in [1.29, 1.82) is 0 Å². The van der Waals surface area contributed by atoms with E-state index in [0.29, 0.717) is 43.3 Å². The SMILES string of the molecule is O=C(NCc1ccc(OCc2cccnc2)cc1)C1CCN(S(=O)(=O)c2cccs2)CC1. The number of hydrogen-bond acceptors (Lipinski definition) is 6. The van der Waals surface area contributed by atoms with Gasteiger partial charge in [0, 0.05) is 43.5 Å². The second kappa shape index (κ2) is 10.2. The molecule has 1 aliphatic heterocycles. The second-order valence-electron chi connectivity index (χ2n) is 7.62. The van der Waals surface area contributed by atoms with E-state index in [0.717, 1.165) is 16.9 Å². The van der Waals surface area contributed by atoms with Crippen molar-refractivity contribution < 1.29 is 17.9 Å². The number of pyridine rings is 1. The van der Waals surface area contributed by atoms with E-state index in [1.807, 2.05) is 36.4 Å². The number of nitrogens with zero attached hydrogens (tertiary/aromatic N) is 2. The third-order valence-corrected chi connectivity index (χ3v) is 8.70. The summed E-state index contributed by atoms with van der Waals surface area (Å²) in [5.41, 5.74) is 1.97. The molecule has 0 saturated carbocycles. The van der Waals surface area contributed by atoms with E-state index in [1.54, 1.807) is 29.9 Å². The molecule has 4 rings (SSSR count). The van der Waals surface area contributed by atoms with Crippen molar-refractivity contribution in [3.8, 4) is 5.75 Å². The Bertz CT molecular complexity index is 1110. The summed E-state index contributed by atoms with van der Waals surface area (Å²) in [6.45, 7) is 1.60. The maximum atomic E-state index is 12.6. The van der Waals surface area contributed by atoms with Crippen molar-refractivity contribution in [2.75, 3.05) is 13.1 Å². The van der Waals surface area contributed by atoms with E-state index in [9.17, 15) is 13.2 Å². The van der Waals surface area contributed by atoms with E-state index in [2.05, 4.69) is 10.3 Å². The minimum Gasteiger partial charge on any atom is -0.489 e. The maximum Gasteiger partial charge on any atom is 0.252 e. The fourth-order valence-corrected chi connectivity index (χ4v) is 6.20. The van der Waals surface area contributed by atoms with Crippen LogP contribution in [0.5, 0.6) is 5.75 Å². The highest BCUT2D eigenvalue weighted by molar-refractivity contribution is 7.91. The van der Waals surface area contributed by atoms with E-state index >= 15 is 0 Å². The van der Waals surface area contributed by atoms with Gasteiger partial charge in [-0.2, -0.15) is 4.31 Å². The van der Waals surface area contributed by atoms with Crippen molar-refractivity contribution in [2.45, 2.75) is 30.2 Å². The van der Waals surface area contributed by atoms with E-state index in [1.165, 1.54) is 15.6 Å². The van der Waals surface area contributed by atoms with E-state index in [-0.39, 0.29) is 11.8 Å². The quantitative estimate of drug-likeness (QED) is 0.544. The third kappa shape index (κ3) is 5.53. The van der Waals surface area contributed by atoms with Crippen LogP contribution in [-0.2, 0) is 28.0 Å². The molecule has 1 N–H and O–H groups in total. The number of amides is 1. The van der Waals surface area contributed by atoms with E-state index in [4.69, 9.17) is 4.74 Å². The Hall–Kier alpha value is -2.75. The lowest BCUT2D eigenvalue weighted by atomic mass is 9.97. The smallest absolute Gasteiger partial charge is 0.252 e. The average molecular weight is 472 g/mol. The van der Waals surface area contributed by atoms with Crippen LogP contribution in [0.3, 0.4) is 0 Å². The molecular weight excluding hydrogens is 446 g/mol. The first kappa shape index (κ1) is 22.4. The summed E-state index contributed by atoms with van der Waals surface area (Å²) >= 11 is 1.22. The van der Waals surface area contributed by atoms with Gasteiger partial charge in [0.1, 0.15) is 16.6 Å². The Kier molecular flexibility index (Phi) is 7.19. The van der Waals surface area contributed by atoms with Crippen molar-refractivity contribution in [3.63, 3.8) is 0 Å². The molecule has 9 heteroatoms. The highest BCUT2D eigenvalue weighted by Crippen LogP contribution is 2.26. The Morgan fingerprint density at radius 3 is 2.53 bits per heavy atom. The average Bonchev–Trinajstić information content (AvgIpc) is 3.39. The number of rotatable bonds is 8. The van der Waals surface area contributed by atoms with Crippen LogP contribution in [0.1, 0.15) is 24.0 Å². The van der Waals surface area contributed by atoms with Gasteiger partial charge in [0.05, 0.1) is 0 Å². The predicted octanol–water partition coefficient (Wildman–Crippen LogP) is 3.44. The van der Waals surface area contributed by atoms with Crippen LogP contribution >= 0.6 is 11.3 Å². The normalized spacial score (nSPS) is 15.4. The van der Waals surface area contributed by atoms with Gasteiger partial charge >= 0.3 is 0 Å². The molecular formula is C23H25N3O4S2. The molecule has 0 unspecified atom stereocenters. The van der Waals surface area contributed by atoms with Crippen molar-refractivity contribution in [2.24, 2.45) is 5.92 Å². The summed E-state index contributed by atoms with van der Waals surface area (Å²) in [4.78, 5) is 16.6. The molecule has 0 bridgehead atoms. The van der Waals surface area contributed by atoms with Gasteiger partial charge in [-0.05, 0) is 48.1 Å². The van der Waals surface area contributed by atoms with Crippen molar-refractivity contribution >= 4 is 27.3 Å². The lowest BCUT2D eigenvalue weighted by Gasteiger charge is -2.30. The van der Waals surface area contributed by atoms with Crippen LogP contribution in [0.15, 0.2) is 70.5 Å². The first-order valence-electron chi connectivity index (χ1n) is 10.4. The Labute approximate surface area is 192 Å². The molecule has 1 fully saturated rings. The zero-order chi connectivity index (χ0) is 22.4. The van der Waals surface area contributed by atoms with Gasteiger partial charge in [0.15, 0.2) is 0 Å². The van der Waals surface area contributed by atoms with Crippen LogP contribution in [0.2, 0.25) is 0 Å². The molecule has 0 spiro atoms. The van der Waals surface area contributed by atoms with Gasteiger partial charge in [-0.15, -0.1) is 11.3 Å². The highest BCUT2D eigenvalue weighted by Gasteiger charge is 2.32. The van der Waals surface area contributed by atoms with Crippen LogP contribution in [0.4, 0.5) is 0 Å². The minimum atomic E-state index is -3.44. The van der Waals surface area contributed by atoms with Crippen LogP contribution in [0, 0.1) is 5.92 Å². The molecule has 3 heterocycles. The molecule has 7 nitrogen and oxygen atoms in total. The molecule has 1 saturated heterocycles. The predicted molar refractivity (Wildman–Crippen MR) is 123 cm³/mol. The molecule has 0 atom stereocenters. The fourth-order valence-electron chi connectivity index (χ4n) is 3.58. The number of piperidine rings is 1. The molecule has 168 valence electrons. The van der Waals surface area contributed by atoms with Gasteiger partial charge < -0.3 is 10.1 Å². The summed E-state index contributed by atoms with van der Waals surface area (Å²) in [6, 6.07) is 14.8. The Morgan fingerprint density at radius 2 is 1.88 bits per heavy atom. The minimum absolute atomic E-state index is 0.0323. The number of thiophene rings is 1. The van der Waals surface area contributed by atoms with Gasteiger partial charge in [-0.3, -0.25) is 9.78 Å². The lowest BCUT2D eigenvalue weighted by Crippen LogP contribution is -2.42. The number of aromatic nitrogens is 1. The summed E-state index contributed by atoms with van der Waals surface area (Å²) in [6.07, 6.45) is 4.55. The number of benzene rings is 1. The summed E-state index contributed by atoms with van der Waals surface area (Å²) in [7, 11) is -3.44. The molecule has 32 heavy (non-hydrogen) atoms. The zero-order valence-electron chi connectivity index (χ0n) is 17.5. The summed E-state index contributed by atoms with van der Waals surface area (Å²) < 4.78 is 32.8. The summed E-state index contributed by atoms with van der Waals surface area (Å²) in [5, 5.41) is 4.73. The Balaban J connectivity index is 1.22. The topological polar surface area (TPSA) is 88.6 Å². The van der Waals surface area contributed by atoms with Gasteiger partial charge in [0.25, 0.3) is 10.0 Å². The van der Waals surface area contributed by atoms with Crippen LogP contribution in [-0.4, -0.2) is 36.7 Å². The second-order valence-corrected chi connectivity index (χ2v) is 10.7. The van der Waals surface area contributed by atoms with E-state index < -0.39 is 10.0 Å². The molecule has 0 radical (unpaired) electrons. The number of nitrogens with one attached hydrogen (secondary N) is 1. The number of sulfonamides is 1. The monoisotopic (exact) mass is 471 g/mol. The maximum absolute atomic E-state index is 12.6. The van der Waals surface area contributed by atoms with Gasteiger partial charge in [-0.25, -0.2) is 8.42 Å². The number of carbonyl (C=O) groups is 1. The van der Waals surface area contributed by atoms with Crippen LogP contribution in [0.25, 0.3) is 0 Å². The summed E-state index contributed by atoms with van der Waals surface area (Å²) in [5.74, 6) is 0.546. The molecule has 0 aliphatic carbocycles. The molecule has 1 amide bonds. The number of carbonyl (C=O) groups excluding carboxylic acids is 1. The standard InChI is InChI=1S/C23H25N3O4S2/c27-23(20-9-12-26(13-10-20)32(28,29)22-4-2-14-31-22)25-16-18-5-7-21(8-6-18)30-17-19-3-1-11-24-15-19/h1-8,11,14-15,20H,9-10,12-13,16-17H2,(H,25,27). The first-order chi connectivity index (χ1) is 15.5. The van der Waals surface area contributed by atoms with Gasteiger partial charge in [-0.1, -0.05) is 24.3 Å². The third-order valence-electron chi connectivity index (χ3n) is 5.43. The highest BCUT2D eigenvalue weighted by atomic mass is 32.2. The van der Waals surface area contributed by atoms with Crippen molar-refractivity contribution in [1.82, 2.24) is 14.6 Å². The first-order valence-corrected chi connectivity index (χ1v) is 12.8. The number of hydrogen-bond donors (Lipinski definition) is 1. The Morgan fingerprint density at radius 1 is 1.09 bits per heavy atom. The molecule has 1 aromatic carbocycles. The molecule has 1 aliphatic rings. The van der Waals surface area contributed by atoms with Crippen LogP contribution < -0.4 is 10.1 Å². The molecule has 2 aromatic heterocycles.